The van der Waals surface area contributed by atoms with Crippen LogP contribution in [0, 0.1) is 0 Å². The highest BCUT2D eigenvalue weighted by atomic mass is 32.2. The Kier molecular flexibility index (Phi) is 6.06. The van der Waals surface area contributed by atoms with Crippen LogP contribution in [-0.2, 0) is 10.0 Å². The fourth-order valence-corrected chi connectivity index (χ4v) is 5.50. The Morgan fingerprint density at radius 2 is 1.48 bits per heavy atom. The number of carbonyl (C=O) groups excluding carboxylic acids is 1. The molecule has 0 aromatic heterocycles. The van der Waals surface area contributed by atoms with Crippen LogP contribution >= 0.6 is 0 Å². The number of amides is 1. The minimum Gasteiger partial charge on any atom is -0.497 e. The van der Waals surface area contributed by atoms with Crippen LogP contribution in [0.2, 0.25) is 0 Å². The number of hydrogen-bond donors (Lipinski definition) is 0. The Morgan fingerprint density at radius 3 is 2.10 bits per heavy atom. The molecule has 0 spiro atoms. The van der Waals surface area contributed by atoms with Gasteiger partial charge in [-0.3, -0.25) is 4.79 Å². The maximum absolute atomic E-state index is 13.6. The first-order valence-corrected chi connectivity index (χ1v) is 11.5. The normalized spacial score (nSPS) is 17.3. The Bertz CT molecular complexity index is 1130. The Morgan fingerprint density at radius 1 is 0.871 bits per heavy atom. The summed E-state index contributed by atoms with van der Waals surface area (Å²) in [5, 5.41) is 0. The van der Waals surface area contributed by atoms with Crippen LogP contribution in [0.25, 0.3) is 0 Å². The second-order valence-electron chi connectivity index (χ2n) is 7.29. The first kappa shape index (κ1) is 21.1. The van der Waals surface area contributed by atoms with E-state index in [2.05, 4.69) is 0 Å². The molecular weight excluding hydrogens is 412 g/mol. The Hall–Kier alpha value is -3.16. The minimum atomic E-state index is -3.82. The summed E-state index contributed by atoms with van der Waals surface area (Å²) in [6, 6.07) is 24.5. The molecule has 1 fully saturated rings. The standard InChI is InChI=1S/C24H24N2O4S/c1-30-21-15-13-19(14-16-21)23-25(24(27)20-9-4-2-5-10-20)17-8-18-26(23)31(28,29)22-11-6-3-7-12-22/h2-7,9-16,23H,8,17-18H2,1H3. The van der Waals surface area contributed by atoms with Crippen molar-refractivity contribution in [3.8, 4) is 5.75 Å². The molecule has 1 aliphatic heterocycles. The zero-order valence-electron chi connectivity index (χ0n) is 17.2. The second kappa shape index (κ2) is 8.91. The summed E-state index contributed by atoms with van der Waals surface area (Å²) in [6.07, 6.45) is -0.199. The minimum absolute atomic E-state index is 0.200. The summed E-state index contributed by atoms with van der Waals surface area (Å²) >= 11 is 0. The molecule has 3 aromatic rings. The maximum atomic E-state index is 13.6. The van der Waals surface area contributed by atoms with Crippen molar-refractivity contribution < 1.29 is 17.9 Å². The molecule has 1 saturated heterocycles. The topological polar surface area (TPSA) is 66.9 Å². The van der Waals surface area contributed by atoms with Gasteiger partial charge in [0.2, 0.25) is 10.0 Å². The van der Waals surface area contributed by atoms with Crippen molar-refractivity contribution in [2.75, 3.05) is 20.2 Å². The van der Waals surface area contributed by atoms with Gasteiger partial charge in [0.1, 0.15) is 11.9 Å². The molecule has 31 heavy (non-hydrogen) atoms. The second-order valence-corrected chi connectivity index (χ2v) is 9.18. The zero-order chi connectivity index (χ0) is 21.8. The van der Waals surface area contributed by atoms with Crippen molar-refractivity contribution in [2.24, 2.45) is 0 Å². The number of rotatable bonds is 5. The van der Waals surface area contributed by atoms with Crippen LogP contribution in [-0.4, -0.2) is 43.7 Å². The molecule has 0 bridgehead atoms. The summed E-state index contributed by atoms with van der Waals surface area (Å²) in [5.41, 5.74) is 1.24. The van der Waals surface area contributed by atoms with Crippen molar-refractivity contribution in [1.29, 1.82) is 0 Å². The van der Waals surface area contributed by atoms with E-state index < -0.39 is 16.2 Å². The molecular formula is C24H24N2O4S. The molecule has 7 heteroatoms. The molecule has 0 saturated carbocycles. The van der Waals surface area contributed by atoms with Gasteiger partial charge in [-0.1, -0.05) is 48.5 Å². The van der Waals surface area contributed by atoms with Crippen LogP contribution in [0.15, 0.2) is 89.8 Å². The van der Waals surface area contributed by atoms with Gasteiger partial charge in [0.05, 0.1) is 12.0 Å². The van der Waals surface area contributed by atoms with Gasteiger partial charge in [0.25, 0.3) is 5.91 Å². The third kappa shape index (κ3) is 4.19. The third-order valence-electron chi connectivity index (χ3n) is 5.39. The highest BCUT2D eigenvalue weighted by Gasteiger charge is 2.41. The molecule has 3 aromatic carbocycles. The van der Waals surface area contributed by atoms with E-state index >= 15 is 0 Å². The maximum Gasteiger partial charge on any atom is 0.255 e. The summed E-state index contributed by atoms with van der Waals surface area (Å²) < 4.78 is 33.8. The van der Waals surface area contributed by atoms with E-state index in [1.807, 2.05) is 18.2 Å². The van der Waals surface area contributed by atoms with Crippen molar-refractivity contribution in [3.05, 3.63) is 96.1 Å². The first-order valence-electron chi connectivity index (χ1n) is 10.1. The van der Waals surface area contributed by atoms with Gasteiger partial charge in [-0.25, -0.2) is 8.42 Å². The molecule has 1 heterocycles. The molecule has 1 atom stereocenters. The monoisotopic (exact) mass is 436 g/mol. The molecule has 1 unspecified atom stereocenters. The zero-order valence-corrected chi connectivity index (χ0v) is 18.0. The lowest BCUT2D eigenvalue weighted by Crippen LogP contribution is -2.52. The lowest BCUT2D eigenvalue weighted by Gasteiger charge is -2.43. The Balaban J connectivity index is 1.80. The Labute approximate surface area is 182 Å². The molecule has 0 radical (unpaired) electrons. The van der Waals surface area contributed by atoms with E-state index in [-0.39, 0.29) is 10.8 Å². The molecule has 1 amide bonds. The van der Waals surface area contributed by atoms with Gasteiger partial charge in [-0.05, 0) is 48.4 Å². The number of nitrogens with zero attached hydrogens (tertiary/aromatic N) is 2. The lowest BCUT2D eigenvalue weighted by molar-refractivity contribution is 0.0378. The summed E-state index contributed by atoms with van der Waals surface area (Å²) in [4.78, 5) is 15.2. The molecule has 4 rings (SSSR count). The van der Waals surface area contributed by atoms with Crippen molar-refractivity contribution in [3.63, 3.8) is 0 Å². The number of hydrogen-bond acceptors (Lipinski definition) is 4. The fraction of sp³-hybridized carbons (Fsp3) is 0.208. The van der Waals surface area contributed by atoms with Crippen LogP contribution in [0.1, 0.15) is 28.5 Å². The van der Waals surface area contributed by atoms with Gasteiger partial charge in [0, 0.05) is 18.7 Å². The van der Waals surface area contributed by atoms with E-state index in [0.29, 0.717) is 36.4 Å². The average Bonchev–Trinajstić information content (AvgIpc) is 2.84. The predicted octanol–water partition coefficient (Wildman–Crippen LogP) is 3.93. The van der Waals surface area contributed by atoms with Gasteiger partial charge in [-0.15, -0.1) is 0 Å². The third-order valence-corrected chi connectivity index (χ3v) is 7.26. The first-order chi connectivity index (χ1) is 15.0. The largest absolute Gasteiger partial charge is 0.497 e. The number of sulfonamides is 1. The number of ether oxygens (including phenoxy) is 1. The van der Waals surface area contributed by atoms with Crippen LogP contribution < -0.4 is 4.74 Å². The summed E-state index contributed by atoms with van der Waals surface area (Å²) in [6.45, 7) is 0.789. The molecule has 6 nitrogen and oxygen atoms in total. The lowest BCUT2D eigenvalue weighted by atomic mass is 10.1. The summed E-state index contributed by atoms with van der Waals surface area (Å²) in [7, 11) is -2.24. The average molecular weight is 437 g/mol. The summed E-state index contributed by atoms with van der Waals surface area (Å²) in [5.74, 6) is 0.465. The van der Waals surface area contributed by atoms with Crippen LogP contribution in [0.4, 0.5) is 0 Å². The molecule has 1 aliphatic rings. The van der Waals surface area contributed by atoms with E-state index in [1.54, 1.807) is 78.7 Å². The van der Waals surface area contributed by atoms with Gasteiger partial charge < -0.3 is 9.64 Å². The number of methoxy groups -OCH3 is 1. The molecule has 0 N–H and O–H groups in total. The quantitative estimate of drug-likeness (QED) is 0.608. The van der Waals surface area contributed by atoms with Crippen molar-refractivity contribution in [2.45, 2.75) is 17.5 Å². The molecule has 0 aliphatic carbocycles. The SMILES string of the molecule is COc1ccc(C2N(C(=O)c3ccccc3)CCCN2S(=O)(=O)c2ccccc2)cc1. The van der Waals surface area contributed by atoms with E-state index in [0.717, 1.165) is 0 Å². The van der Waals surface area contributed by atoms with E-state index in [1.165, 1.54) is 4.31 Å². The fourth-order valence-electron chi connectivity index (χ4n) is 3.86. The van der Waals surface area contributed by atoms with E-state index in [9.17, 15) is 13.2 Å². The molecule has 160 valence electrons. The van der Waals surface area contributed by atoms with Gasteiger partial charge >= 0.3 is 0 Å². The number of carbonyl (C=O) groups is 1. The van der Waals surface area contributed by atoms with Gasteiger partial charge in [-0.2, -0.15) is 4.31 Å². The van der Waals surface area contributed by atoms with E-state index in [4.69, 9.17) is 4.74 Å². The highest BCUT2D eigenvalue weighted by Crippen LogP contribution is 2.35. The van der Waals surface area contributed by atoms with Crippen molar-refractivity contribution in [1.82, 2.24) is 9.21 Å². The predicted molar refractivity (Wildman–Crippen MR) is 118 cm³/mol. The van der Waals surface area contributed by atoms with Crippen LogP contribution in [0.3, 0.4) is 0 Å². The van der Waals surface area contributed by atoms with Crippen molar-refractivity contribution >= 4 is 15.9 Å². The number of benzene rings is 3. The highest BCUT2D eigenvalue weighted by molar-refractivity contribution is 7.89. The van der Waals surface area contributed by atoms with Gasteiger partial charge in [0.15, 0.2) is 0 Å². The smallest absolute Gasteiger partial charge is 0.255 e. The van der Waals surface area contributed by atoms with Crippen LogP contribution in [0.5, 0.6) is 5.75 Å².